The standard InChI is InChI=1S/C51H86O9/c1-3-5-7-9-11-13-15-17-19-21-22-23-24-25-26-28-30-32-34-36-38-40-47(53)59-45(44-58-51-50(56)49(55)48(54)46(42-52)60-51)43-57-41-39-37-35-33-31-29-27-20-18-16-14-12-10-8-6-4-2/h5,7,11,13,17-20,22-23,25-26,30,32,45-46,48-52,54-56H,3-4,6,8-10,12,14-16,21,24,27-29,31,33-44H2,1-2H3/b7-5-,13-11-,19-17-,20-18-,23-22-,26-25-,32-30-. The molecule has 4 N–H and O–H groups in total. The predicted molar refractivity (Wildman–Crippen MR) is 247 cm³/mol. The van der Waals surface area contributed by atoms with Crippen molar-refractivity contribution in [2.75, 3.05) is 26.4 Å². The number of carbonyl (C=O) groups excluding carboxylic acids is 1. The zero-order valence-corrected chi connectivity index (χ0v) is 37.7. The molecule has 9 nitrogen and oxygen atoms in total. The number of hydrogen-bond donors (Lipinski definition) is 4. The van der Waals surface area contributed by atoms with E-state index in [0.717, 1.165) is 77.0 Å². The Labute approximate surface area is 365 Å². The van der Waals surface area contributed by atoms with Gasteiger partial charge in [-0.1, -0.05) is 157 Å². The fourth-order valence-electron chi connectivity index (χ4n) is 6.61. The Morgan fingerprint density at radius 1 is 0.550 bits per heavy atom. The van der Waals surface area contributed by atoms with Gasteiger partial charge in [0, 0.05) is 13.0 Å². The van der Waals surface area contributed by atoms with Crippen molar-refractivity contribution in [1.82, 2.24) is 0 Å². The van der Waals surface area contributed by atoms with Crippen LogP contribution in [0.3, 0.4) is 0 Å². The summed E-state index contributed by atoms with van der Waals surface area (Å²) in [5.74, 6) is -0.360. The number of carbonyl (C=O) groups is 1. The first-order valence-corrected chi connectivity index (χ1v) is 23.7. The van der Waals surface area contributed by atoms with Crippen LogP contribution in [0.5, 0.6) is 0 Å². The molecule has 1 heterocycles. The monoisotopic (exact) mass is 843 g/mol. The Bertz CT molecular complexity index is 1190. The molecule has 344 valence electrons. The Kier molecular flexibility index (Phi) is 38.5. The van der Waals surface area contributed by atoms with E-state index in [9.17, 15) is 25.2 Å². The molecule has 0 aromatic carbocycles. The number of esters is 1. The van der Waals surface area contributed by atoms with Crippen LogP contribution >= 0.6 is 0 Å². The Morgan fingerprint density at radius 3 is 1.55 bits per heavy atom. The molecule has 1 saturated heterocycles. The lowest BCUT2D eigenvalue weighted by atomic mass is 9.99. The summed E-state index contributed by atoms with van der Waals surface area (Å²) in [5, 5.41) is 40.2. The van der Waals surface area contributed by atoms with E-state index >= 15 is 0 Å². The first kappa shape index (κ1) is 55.4. The molecular weight excluding hydrogens is 757 g/mol. The summed E-state index contributed by atoms with van der Waals surface area (Å²) in [4.78, 5) is 12.8. The van der Waals surface area contributed by atoms with Gasteiger partial charge in [-0.3, -0.25) is 4.79 Å². The highest BCUT2D eigenvalue weighted by molar-refractivity contribution is 5.69. The van der Waals surface area contributed by atoms with Crippen molar-refractivity contribution in [2.45, 2.75) is 205 Å². The minimum atomic E-state index is -1.55. The highest BCUT2D eigenvalue weighted by atomic mass is 16.7. The van der Waals surface area contributed by atoms with Crippen molar-refractivity contribution in [3.8, 4) is 0 Å². The molecule has 0 radical (unpaired) electrons. The van der Waals surface area contributed by atoms with Crippen molar-refractivity contribution < 1.29 is 44.2 Å². The smallest absolute Gasteiger partial charge is 0.306 e. The second-order valence-electron chi connectivity index (χ2n) is 15.8. The molecule has 9 heteroatoms. The molecule has 1 fully saturated rings. The molecule has 6 unspecified atom stereocenters. The van der Waals surface area contributed by atoms with Crippen LogP contribution < -0.4 is 0 Å². The first-order chi connectivity index (χ1) is 29.4. The van der Waals surface area contributed by atoms with Crippen LogP contribution in [0.2, 0.25) is 0 Å². The van der Waals surface area contributed by atoms with Crippen molar-refractivity contribution in [2.24, 2.45) is 0 Å². The average Bonchev–Trinajstić information content (AvgIpc) is 3.25. The van der Waals surface area contributed by atoms with Gasteiger partial charge in [0.15, 0.2) is 6.29 Å². The molecule has 0 aromatic rings. The maximum Gasteiger partial charge on any atom is 0.306 e. The van der Waals surface area contributed by atoms with Gasteiger partial charge in [0.1, 0.15) is 30.5 Å². The van der Waals surface area contributed by atoms with E-state index in [2.05, 4.69) is 98.9 Å². The largest absolute Gasteiger partial charge is 0.457 e. The normalized spacial score (nSPS) is 20.8. The maximum absolute atomic E-state index is 12.8. The van der Waals surface area contributed by atoms with E-state index in [1.165, 1.54) is 64.2 Å². The second kappa shape index (κ2) is 41.7. The van der Waals surface area contributed by atoms with Crippen molar-refractivity contribution in [3.05, 3.63) is 85.1 Å². The van der Waals surface area contributed by atoms with E-state index in [4.69, 9.17) is 18.9 Å². The van der Waals surface area contributed by atoms with Gasteiger partial charge in [0.05, 0.1) is 19.8 Å². The van der Waals surface area contributed by atoms with E-state index in [-0.39, 0.29) is 25.6 Å². The Morgan fingerprint density at radius 2 is 1.02 bits per heavy atom. The third-order valence-corrected chi connectivity index (χ3v) is 10.3. The van der Waals surface area contributed by atoms with Gasteiger partial charge in [-0.2, -0.15) is 0 Å². The summed E-state index contributed by atoms with van der Waals surface area (Å²) in [7, 11) is 0. The van der Waals surface area contributed by atoms with Gasteiger partial charge < -0.3 is 39.4 Å². The molecule has 0 saturated carbocycles. The van der Waals surface area contributed by atoms with Crippen LogP contribution in [0, 0.1) is 0 Å². The third kappa shape index (κ3) is 32.1. The van der Waals surface area contributed by atoms with Gasteiger partial charge in [-0.05, 0) is 89.9 Å². The lowest BCUT2D eigenvalue weighted by Gasteiger charge is -2.39. The lowest BCUT2D eigenvalue weighted by molar-refractivity contribution is -0.305. The van der Waals surface area contributed by atoms with Gasteiger partial charge in [-0.25, -0.2) is 0 Å². The molecule has 1 aliphatic rings. The Balaban J connectivity index is 2.30. The lowest BCUT2D eigenvalue weighted by Crippen LogP contribution is -2.59. The molecular formula is C51H86O9. The van der Waals surface area contributed by atoms with Crippen LogP contribution in [0.15, 0.2) is 85.1 Å². The number of rotatable bonds is 39. The predicted octanol–water partition coefficient (Wildman–Crippen LogP) is 11.0. The molecule has 0 aliphatic carbocycles. The zero-order valence-electron chi connectivity index (χ0n) is 37.7. The van der Waals surface area contributed by atoms with Gasteiger partial charge in [-0.15, -0.1) is 0 Å². The molecule has 60 heavy (non-hydrogen) atoms. The van der Waals surface area contributed by atoms with Crippen molar-refractivity contribution in [1.29, 1.82) is 0 Å². The van der Waals surface area contributed by atoms with E-state index < -0.39 is 43.4 Å². The molecule has 1 rings (SSSR count). The number of ether oxygens (including phenoxy) is 4. The average molecular weight is 843 g/mol. The number of hydrogen-bond acceptors (Lipinski definition) is 9. The van der Waals surface area contributed by atoms with Crippen LogP contribution in [0.4, 0.5) is 0 Å². The van der Waals surface area contributed by atoms with Crippen LogP contribution in [-0.4, -0.2) is 89.6 Å². The zero-order chi connectivity index (χ0) is 43.6. The third-order valence-electron chi connectivity index (χ3n) is 10.3. The summed E-state index contributed by atoms with van der Waals surface area (Å²) in [6, 6.07) is 0. The minimum Gasteiger partial charge on any atom is -0.457 e. The van der Waals surface area contributed by atoms with Gasteiger partial charge in [0.25, 0.3) is 0 Å². The summed E-state index contributed by atoms with van der Waals surface area (Å²) in [5.41, 5.74) is 0. The Hall–Kier alpha value is -2.63. The molecule has 0 spiro atoms. The molecule has 6 atom stereocenters. The fourth-order valence-corrected chi connectivity index (χ4v) is 6.61. The quantitative estimate of drug-likeness (QED) is 0.0271. The van der Waals surface area contributed by atoms with Crippen LogP contribution in [0.25, 0.3) is 0 Å². The van der Waals surface area contributed by atoms with Crippen molar-refractivity contribution >= 4 is 5.97 Å². The van der Waals surface area contributed by atoms with Crippen molar-refractivity contribution in [3.63, 3.8) is 0 Å². The maximum atomic E-state index is 12.8. The summed E-state index contributed by atoms with van der Waals surface area (Å²) < 4.78 is 22.8. The number of unbranched alkanes of at least 4 members (excludes halogenated alkanes) is 14. The number of aliphatic hydroxyl groups is 4. The van der Waals surface area contributed by atoms with E-state index in [1.807, 2.05) is 0 Å². The van der Waals surface area contributed by atoms with Gasteiger partial charge >= 0.3 is 5.97 Å². The van der Waals surface area contributed by atoms with Crippen LogP contribution in [-0.2, 0) is 23.7 Å². The fraction of sp³-hybridized carbons (Fsp3) is 0.706. The van der Waals surface area contributed by atoms with E-state index in [1.54, 1.807) is 0 Å². The SMILES string of the molecule is CC/C=C\C/C=C\C/C=C\C/C=C\C/C=C\C/C=C\CCCCC(=O)OC(COCCCCCCCC/C=C\CCCCCCCC)COC1OC(CO)C(O)C(O)C1O. The molecule has 1 aliphatic heterocycles. The topological polar surface area (TPSA) is 135 Å². The van der Waals surface area contributed by atoms with Crippen LogP contribution in [0.1, 0.15) is 168 Å². The second-order valence-corrected chi connectivity index (χ2v) is 15.8. The highest BCUT2D eigenvalue weighted by Gasteiger charge is 2.44. The molecule has 0 amide bonds. The number of allylic oxidation sites excluding steroid dienone is 14. The molecule has 0 bridgehead atoms. The number of aliphatic hydroxyl groups excluding tert-OH is 4. The first-order valence-electron chi connectivity index (χ1n) is 23.7. The summed E-state index contributed by atoms with van der Waals surface area (Å²) in [6.45, 7) is 4.36. The van der Waals surface area contributed by atoms with Gasteiger partial charge in [0.2, 0.25) is 0 Å². The highest BCUT2D eigenvalue weighted by Crippen LogP contribution is 2.22. The summed E-state index contributed by atoms with van der Waals surface area (Å²) in [6.07, 6.45) is 48.9. The minimum absolute atomic E-state index is 0.118. The van der Waals surface area contributed by atoms with E-state index in [0.29, 0.717) is 13.0 Å². The summed E-state index contributed by atoms with van der Waals surface area (Å²) >= 11 is 0. The molecule has 0 aromatic heterocycles.